The van der Waals surface area contributed by atoms with E-state index in [1.165, 1.54) is 10.4 Å². The van der Waals surface area contributed by atoms with Crippen LogP contribution in [-0.2, 0) is 23.1 Å². The van der Waals surface area contributed by atoms with Gasteiger partial charge in [0.25, 0.3) is 5.91 Å². The molecule has 8 nitrogen and oxygen atoms in total. The van der Waals surface area contributed by atoms with Gasteiger partial charge in [0.1, 0.15) is 0 Å². The predicted octanol–water partition coefficient (Wildman–Crippen LogP) is 2.14. The van der Waals surface area contributed by atoms with E-state index in [0.29, 0.717) is 44.8 Å². The van der Waals surface area contributed by atoms with Crippen molar-refractivity contribution in [1.29, 1.82) is 0 Å². The smallest absolute Gasteiger partial charge is 0.253 e. The Kier molecular flexibility index (Phi) is 6.92. The van der Waals surface area contributed by atoms with E-state index in [9.17, 15) is 13.2 Å². The number of hydrogen-bond acceptors (Lipinski definition) is 5. The number of likely N-dealkylation sites (N-methyl/N-ethyl adjacent to an activating group) is 1. The molecule has 1 amide bonds. The van der Waals surface area contributed by atoms with Crippen LogP contribution in [0.5, 0.6) is 0 Å². The minimum absolute atomic E-state index is 0.155. The molecule has 2 aromatic carbocycles. The number of hydrogen-bond donors (Lipinski definition) is 0. The van der Waals surface area contributed by atoms with Crippen LogP contribution in [0.1, 0.15) is 21.5 Å². The molecule has 0 spiro atoms. The first kappa shape index (κ1) is 23.2. The highest BCUT2D eigenvalue weighted by Gasteiger charge is 2.28. The molecule has 0 bridgehead atoms. The van der Waals surface area contributed by atoms with Crippen LogP contribution in [0.4, 0.5) is 0 Å². The van der Waals surface area contributed by atoms with Crippen molar-refractivity contribution in [3.63, 3.8) is 0 Å². The van der Waals surface area contributed by atoms with Crippen LogP contribution in [0.25, 0.3) is 0 Å². The Morgan fingerprint density at radius 2 is 1.73 bits per heavy atom. The zero-order chi connectivity index (χ0) is 23.4. The van der Waals surface area contributed by atoms with Gasteiger partial charge in [-0.3, -0.25) is 9.48 Å². The molecular formula is C24H29N5O3S. The van der Waals surface area contributed by atoms with Crippen LogP contribution in [0.15, 0.2) is 71.9 Å². The molecule has 1 aliphatic heterocycles. The third-order valence-electron chi connectivity index (χ3n) is 5.82. The number of amides is 1. The highest BCUT2D eigenvalue weighted by Crippen LogP contribution is 2.20. The molecule has 3 aromatic rings. The second-order valence-electron chi connectivity index (χ2n) is 8.43. The number of aromatic nitrogens is 2. The Morgan fingerprint density at radius 3 is 2.45 bits per heavy atom. The number of carbonyl (C=O) groups excluding carboxylic acids is 1. The molecule has 33 heavy (non-hydrogen) atoms. The maximum absolute atomic E-state index is 13.1. The second-order valence-corrected chi connectivity index (χ2v) is 10.4. The summed E-state index contributed by atoms with van der Waals surface area (Å²) >= 11 is 0. The number of piperazine rings is 1. The Balaban J connectivity index is 1.43. The first-order chi connectivity index (χ1) is 15.8. The topological polar surface area (TPSA) is 78.8 Å². The lowest BCUT2D eigenvalue weighted by Crippen LogP contribution is -2.47. The average molecular weight is 468 g/mol. The van der Waals surface area contributed by atoms with Crippen LogP contribution in [0.3, 0.4) is 0 Å². The van der Waals surface area contributed by atoms with Crippen molar-refractivity contribution in [2.24, 2.45) is 0 Å². The van der Waals surface area contributed by atoms with Crippen molar-refractivity contribution in [3.8, 4) is 0 Å². The van der Waals surface area contributed by atoms with Gasteiger partial charge in [-0.2, -0.15) is 9.40 Å². The lowest BCUT2D eigenvalue weighted by molar-refractivity contribution is 0.0785. The van der Waals surface area contributed by atoms with Crippen molar-refractivity contribution in [2.75, 3.05) is 40.3 Å². The molecule has 174 valence electrons. The van der Waals surface area contributed by atoms with Crippen LogP contribution in [-0.4, -0.2) is 78.5 Å². The molecule has 0 aliphatic carbocycles. The van der Waals surface area contributed by atoms with E-state index < -0.39 is 10.0 Å². The Labute approximate surface area is 195 Å². The maximum atomic E-state index is 13.1. The van der Waals surface area contributed by atoms with Gasteiger partial charge < -0.3 is 9.80 Å². The first-order valence-corrected chi connectivity index (χ1v) is 12.4. The zero-order valence-corrected chi connectivity index (χ0v) is 19.8. The fraction of sp³-hybridized carbons (Fsp3) is 0.333. The zero-order valence-electron chi connectivity index (χ0n) is 19.0. The summed E-state index contributed by atoms with van der Waals surface area (Å²) in [6.45, 7) is 3.32. The van der Waals surface area contributed by atoms with Gasteiger partial charge in [-0.15, -0.1) is 0 Å². The molecule has 4 rings (SSSR count). The van der Waals surface area contributed by atoms with E-state index >= 15 is 0 Å². The fourth-order valence-corrected chi connectivity index (χ4v) is 5.35. The van der Waals surface area contributed by atoms with Crippen molar-refractivity contribution in [1.82, 2.24) is 23.9 Å². The predicted molar refractivity (Wildman–Crippen MR) is 126 cm³/mol. The highest BCUT2D eigenvalue weighted by molar-refractivity contribution is 7.89. The van der Waals surface area contributed by atoms with E-state index in [1.807, 2.05) is 48.3 Å². The SMILES string of the molecule is CN1CCN(S(=O)(=O)c2cccc(C(=O)N(C)Cc3cnn(Cc4ccccc4)c3)c2)CC1. The fourth-order valence-electron chi connectivity index (χ4n) is 3.88. The maximum Gasteiger partial charge on any atom is 0.253 e. The average Bonchev–Trinajstić information content (AvgIpc) is 3.26. The van der Waals surface area contributed by atoms with Crippen LogP contribution in [0, 0.1) is 0 Å². The molecule has 1 saturated heterocycles. The van der Waals surface area contributed by atoms with Gasteiger partial charge in [-0.05, 0) is 30.8 Å². The monoisotopic (exact) mass is 467 g/mol. The standard InChI is InChI=1S/C24H29N5O3S/c1-26-11-13-29(14-12-26)33(31,32)23-10-6-9-22(15-23)24(30)27(2)17-21-16-25-28(19-21)18-20-7-4-3-5-8-20/h3-10,15-16,19H,11-14,17-18H2,1-2H3. The van der Waals surface area contributed by atoms with Crippen LogP contribution < -0.4 is 0 Å². The number of sulfonamides is 1. The number of rotatable bonds is 7. The minimum atomic E-state index is -3.63. The molecule has 1 aliphatic rings. The lowest BCUT2D eigenvalue weighted by Gasteiger charge is -2.31. The quantitative estimate of drug-likeness (QED) is 0.532. The Bertz CT molecular complexity index is 1200. The molecular weight excluding hydrogens is 438 g/mol. The summed E-state index contributed by atoms with van der Waals surface area (Å²) in [5, 5.41) is 4.39. The molecule has 0 saturated carbocycles. The largest absolute Gasteiger partial charge is 0.337 e. The van der Waals surface area contributed by atoms with Gasteiger partial charge in [0.2, 0.25) is 10.0 Å². The van der Waals surface area contributed by atoms with Gasteiger partial charge >= 0.3 is 0 Å². The molecule has 0 N–H and O–H groups in total. The summed E-state index contributed by atoms with van der Waals surface area (Å²) in [7, 11) is 0.0536. The summed E-state index contributed by atoms with van der Waals surface area (Å²) < 4.78 is 29.4. The third-order valence-corrected chi connectivity index (χ3v) is 7.72. The van der Waals surface area contributed by atoms with Crippen molar-refractivity contribution >= 4 is 15.9 Å². The van der Waals surface area contributed by atoms with Gasteiger partial charge in [0.05, 0.1) is 17.6 Å². The summed E-state index contributed by atoms with van der Waals surface area (Å²) in [5.41, 5.74) is 2.40. The third kappa shape index (κ3) is 5.50. The van der Waals surface area contributed by atoms with Gasteiger partial charge in [0.15, 0.2) is 0 Å². The number of benzene rings is 2. The first-order valence-electron chi connectivity index (χ1n) is 10.9. The summed E-state index contributed by atoms with van der Waals surface area (Å²) in [4.78, 5) is 16.9. The van der Waals surface area contributed by atoms with Crippen LogP contribution in [0.2, 0.25) is 0 Å². The number of nitrogens with zero attached hydrogens (tertiary/aromatic N) is 5. The van der Waals surface area contributed by atoms with E-state index in [0.717, 1.165) is 11.1 Å². The highest BCUT2D eigenvalue weighted by atomic mass is 32.2. The molecule has 1 fully saturated rings. The molecule has 2 heterocycles. The minimum Gasteiger partial charge on any atom is -0.337 e. The Morgan fingerprint density at radius 1 is 1.00 bits per heavy atom. The van der Waals surface area contributed by atoms with E-state index in [4.69, 9.17) is 0 Å². The normalized spacial score (nSPS) is 15.5. The van der Waals surface area contributed by atoms with Gasteiger partial charge in [-0.25, -0.2) is 8.42 Å². The van der Waals surface area contributed by atoms with E-state index in [-0.39, 0.29) is 10.8 Å². The Hall–Kier alpha value is -3.01. The lowest BCUT2D eigenvalue weighted by atomic mass is 10.2. The van der Waals surface area contributed by atoms with Gasteiger partial charge in [-0.1, -0.05) is 36.4 Å². The molecule has 0 atom stereocenters. The van der Waals surface area contributed by atoms with Gasteiger partial charge in [0, 0.05) is 57.1 Å². The van der Waals surface area contributed by atoms with Crippen molar-refractivity contribution in [3.05, 3.63) is 83.7 Å². The summed E-state index contributed by atoms with van der Waals surface area (Å²) in [5.74, 6) is -0.235. The molecule has 0 radical (unpaired) electrons. The second kappa shape index (κ2) is 9.86. The van der Waals surface area contributed by atoms with E-state index in [2.05, 4.69) is 10.00 Å². The molecule has 1 aromatic heterocycles. The van der Waals surface area contributed by atoms with Crippen LogP contribution >= 0.6 is 0 Å². The molecule has 0 unspecified atom stereocenters. The summed E-state index contributed by atoms with van der Waals surface area (Å²) in [6.07, 6.45) is 3.67. The van der Waals surface area contributed by atoms with E-state index in [1.54, 1.807) is 36.3 Å². The van der Waals surface area contributed by atoms with Crippen molar-refractivity contribution in [2.45, 2.75) is 18.0 Å². The molecule has 9 heteroatoms. The number of carbonyl (C=O) groups is 1. The summed E-state index contributed by atoms with van der Waals surface area (Å²) in [6, 6.07) is 16.4. The van der Waals surface area contributed by atoms with Crippen molar-refractivity contribution < 1.29 is 13.2 Å².